The summed E-state index contributed by atoms with van der Waals surface area (Å²) in [4.78, 5) is 0. The van der Waals surface area contributed by atoms with Crippen molar-refractivity contribution in [1.82, 2.24) is 0 Å². The van der Waals surface area contributed by atoms with Gasteiger partial charge in [0.2, 0.25) is 0 Å². The fraction of sp³-hybridized carbons (Fsp3) is 0.0714. The van der Waals surface area contributed by atoms with E-state index in [0.29, 0.717) is 66.4 Å². The van der Waals surface area contributed by atoms with E-state index in [1.54, 1.807) is 60.7 Å². The van der Waals surface area contributed by atoms with Crippen molar-refractivity contribution in [3.8, 4) is 57.4 Å². The third-order valence-corrected chi connectivity index (χ3v) is 6.00. The second kappa shape index (κ2) is 10.4. The van der Waals surface area contributed by atoms with Gasteiger partial charge in [0, 0.05) is 11.1 Å². The van der Waals surface area contributed by atoms with E-state index in [1.807, 2.05) is 12.1 Å². The van der Waals surface area contributed by atoms with Crippen molar-refractivity contribution in [2.45, 2.75) is 0 Å². The molecular weight excluding hydrogens is 483 g/mol. The summed E-state index contributed by atoms with van der Waals surface area (Å²) in [6, 6.07) is 25.3. The molecule has 0 aromatic heterocycles. The minimum Gasteiger partial charge on any atom is -0.494 e. The van der Waals surface area contributed by atoms with Gasteiger partial charge in [0.1, 0.15) is 23.0 Å². The van der Waals surface area contributed by atoms with Crippen LogP contribution >= 0.6 is 23.2 Å². The highest BCUT2D eigenvalue weighted by molar-refractivity contribution is 6.33. The molecule has 0 spiro atoms. The Morgan fingerprint density at radius 1 is 0.600 bits per heavy atom. The predicted molar refractivity (Wildman–Crippen MR) is 136 cm³/mol. The minimum absolute atomic E-state index is 0.367. The van der Waals surface area contributed by atoms with E-state index in [1.165, 1.54) is 14.2 Å². The maximum absolute atomic E-state index is 9.72. The van der Waals surface area contributed by atoms with Crippen LogP contribution in [0.3, 0.4) is 0 Å². The number of halogens is 2. The molecule has 4 rings (SSSR count). The predicted octanol–water partition coefficient (Wildman–Crippen LogP) is 7.88. The first kappa shape index (κ1) is 24.0. The van der Waals surface area contributed by atoms with Crippen LogP contribution in [0.15, 0.2) is 72.8 Å². The lowest BCUT2D eigenvalue weighted by atomic mass is 9.97. The Kier molecular flexibility index (Phi) is 7.13. The van der Waals surface area contributed by atoms with Gasteiger partial charge in [-0.15, -0.1) is 0 Å². The number of benzene rings is 4. The highest BCUT2D eigenvalue weighted by atomic mass is 35.5. The average molecular weight is 501 g/mol. The fourth-order valence-corrected chi connectivity index (χ4v) is 4.34. The van der Waals surface area contributed by atoms with Gasteiger partial charge in [-0.1, -0.05) is 59.6 Å². The molecule has 35 heavy (non-hydrogen) atoms. The van der Waals surface area contributed by atoms with Crippen molar-refractivity contribution in [3.05, 3.63) is 94.0 Å². The van der Waals surface area contributed by atoms with E-state index < -0.39 is 0 Å². The molecule has 0 aliphatic rings. The zero-order chi connectivity index (χ0) is 24.9. The molecule has 0 bridgehead atoms. The van der Waals surface area contributed by atoms with Crippen LogP contribution in [0.2, 0.25) is 10.0 Å². The fourth-order valence-electron chi connectivity index (χ4n) is 3.87. The molecule has 4 aromatic carbocycles. The van der Waals surface area contributed by atoms with Gasteiger partial charge in [-0.25, -0.2) is 0 Å². The maximum atomic E-state index is 9.72. The van der Waals surface area contributed by atoms with E-state index >= 15 is 0 Å². The summed E-state index contributed by atoms with van der Waals surface area (Å²) in [5.41, 5.74) is 3.10. The first-order valence-electron chi connectivity index (χ1n) is 10.4. The van der Waals surface area contributed by atoms with E-state index in [2.05, 4.69) is 12.1 Å². The summed E-state index contributed by atoms with van der Waals surface area (Å²) in [6.45, 7) is 0. The van der Waals surface area contributed by atoms with Crippen LogP contribution < -0.4 is 14.2 Å². The molecule has 0 radical (unpaired) electrons. The molecule has 0 N–H and O–H groups in total. The lowest BCUT2D eigenvalue weighted by molar-refractivity contribution is 0.407. The summed E-state index contributed by atoms with van der Waals surface area (Å²) in [6.07, 6.45) is 0. The molecule has 5 nitrogen and oxygen atoms in total. The molecule has 172 valence electrons. The summed E-state index contributed by atoms with van der Waals surface area (Å²) >= 11 is 12.9. The molecule has 7 heteroatoms. The molecule has 0 unspecified atom stereocenters. The summed E-state index contributed by atoms with van der Waals surface area (Å²) in [7, 11) is 3.01. The number of hydrogen-bond acceptors (Lipinski definition) is 5. The van der Waals surface area contributed by atoms with Gasteiger partial charge in [0.25, 0.3) is 0 Å². The zero-order valence-corrected chi connectivity index (χ0v) is 20.3. The van der Waals surface area contributed by atoms with Crippen molar-refractivity contribution in [3.63, 3.8) is 0 Å². The Morgan fingerprint density at radius 3 is 1.37 bits per heavy atom. The van der Waals surface area contributed by atoms with Crippen molar-refractivity contribution in [1.29, 1.82) is 10.5 Å². The van der Waals surface area contributed by atoms with Crippen molar-refractivity contribution in [2.75, 3.05) is 14.2 Å². The Labute approximate surface area is 213 Å². The molecule has 0 amide bonds. The number of hydrogen-bond donors (Lipinski definition) is 0. The Morgan fingerprint density at radius 2 is 1.00 bits per heavy atom. The van der Waals surface area contributed by atoms with Crippen LogP contribution in [0.25, 0.3) is 22.3 Å². The van der Waals surface area contributed by atoms with Crippen molar-refractivity contribution >= 4 is 23.2 Å². The zero-order valence-electron chi connectivity index (χ0n) is 18.8. The molecule has 0 aliphatic carbocycles. The third-order valence-electron chi connectivity index (χ3n) is 5.40. The van der Waals surface area contributed by atoms with E-state index in [4.69, 9.17) is 37.4 Å². The van der Waals surface area contributed by atoms with Crippen LogP contribution in [0.4, 0.5) is 0 Å². The lowest BCUT2D eigenvalue weighted by Gasteiger charge is -2.20. The standard InChI is InChI=1S/C28H18Cl2N2O3/c1-33-27-21(29)11-13-23(25(27)19-9-5-3-7-17(19)15-31)35-24-14-12-22(30)28(34-2)26(24)20-10-6-4-8-18(20)16-32/h3-14H,1-2H3. The van der Waals surface area contributed by atoms with Crippen LogP contribution in [0.1, 0.15) is 11.1 Å². The van der Waals surface area contributed by atoms with Gasteiger partial charge >= 0.3 is 0 Å². The molecule has 4 aromatic rings. The number of rotatable bonds is 6. The second-order valence-electron chi connectivity index (χ2n) is 7.32. The molecule has 0 heterocycles. The van der Waals surface area contributed by atoms with Crippen molar-refractivity contribution < 1.29 is 14.2 Å². The summed E-state index contributed by atoms with van der Waals surface area (Å²) in [5, 5.41) is 20.2. The lowest BCUT2D eigenvalue weighted by Crippen LogP contribution is -1.99. The van der Waals surface area contributed by atoms with Crippen molar-refractivity contribution in [2.24, 2.45) is 0 Å². The largest absolute Gasteiger partial charge is 0.494 e. The van der Waals surface area contributed by atoms with E-state index in [-0.39, 0.29) is 0 Å². The topological polar surface area (TPSA) is 75.3 Å². The van der Waals surface area contributed by atoms with Gasteiger partial charge in [-0.3, -0.25) is 0 Å². The van der Waals surface area contributed by atoms with Gasteiger partial charge in [-0.05, 0) is 36.4 Å². The first-order valence-corrected chi connectivity index (χ1v) is 11.2. The molecular formula is C28H18Cl2N2O3. The van der Waals surface area contributed by atoms with Gasteiger partial charge in [0.05, 0.1) is 58.7 Å². The Bertz CT molecular complexity index is 1390. The average Bonchev–Trinajstić information content (AvgIpc) is 2.90. The van der Waals surface area contributed by atoms with Crippen LogP contribution in [-0.4, -0.2) is 14.2 Å². The summed E-state index contributed by atoms with van der Waals surface area (Å²) in [5.74, 6) is 1.53. The number of methoxy groups -OCH3 is 2. The Balaban J connectivity index is 2.00. The number of ether oxygens (including phenoxy) is 3. The monoisotopic (exact) mass is 500 g/mol. The number of nitrogens with zero attached hydrogens (tertiary/aromatic N) is 2. The maximum Gasteiger partial charge on any atom is 0.149 e. The molecule has 0 saturated heterocycles. The molecule has 0 atom stereocenters. The highest BCUT2D eigenvalue weighted by Gasteiger charge is 2.23. The minimum atomic E-state index is 0.367. The van der Waals surface area contributed by atoms with Crippen LogP contribution in [0, 0.1) is 22.7 Å². The molecule has 0 saturated carbocycles. The van der Waals surface area contributed by atoms with E-state index in [9.17, 15) is 10.5 Å². The third kappa shape index (κ3) is 4.48. The van der Waals surface area contributed by atoms with Crippen LogP contribution in [-0.2, 0) is 0 Å². The second-order valence-corrected chi connectivity index (χ2v) is 8.14. The smallest absolute Gasteiger partial charge is 0.149 e. The SMILES string of the molecule is COc1c(Cl)ccc(Oc2ccc(Cl)c(OC)c2-c2ccccc2C#N)c1-c1ccccc1C#N. The van der Waals surface area contributed by atoms with Gasteiger partial charge in [-0.2, -0.15) is 10.5 Å². The Hall–Kier alpha value is -4.16. The molecule has 0 fully saturated rings. The summed E-state index contributed by atoms with van der Waals surface area (Å²) < 4.78 is 17.7. The normalized spacial score (nSPS) is 10.2. The van der Waals surface area contributed by atoms with E-state index in [0.717, 1.165) is 0 Å². The van der Waals surface area contributed by atoms with Crippen LogP contribution in [0.5, 0.6) is 23.0 Å². The quantitative estimate of drug-likeness (QED) is 0.269. The van der Waals surface area contributed by atoms with Gasteiger partial charge < -0.3 is 14.2 Å². The number of nitriles is 2. The highest BCUT2D eigenvalue weighted by Crippen LogP contribution is 2.49. The molecule has 0 aliphatic heterocycles. The first-order chi connectivity index (χ1) is 17.0. The van der Waals surface area contributed by atoms with Gasteiger partial charge in [0.15, 0.2) is 0 Å².